The summed E-state index contributed by atoms with van der Waals surface area (Å²) in [5, 5.41) is 13.9. The second-order valence-electron chi connectivity index (χ2n) is 4.34. The van der Waals surface area contributed by atoms with Gasteiger partial charge in [-0.2, -0.15) is 0 Å². The van der Waals surface area contributed by atoms with Gasteiger partial charge in [0.2, 0.25) is 11.6 Å². The number of hydrogen-bond donors (Lipinski definition) is 2. The third-order valence-electron chi connectivity index (χ3n) is 3.26. The minimum atomic E-state index is -0.283. The molecule has 1 amide bonds. The summed E-state index contributed by atoms with van der Waals surface area (Å²) in [5.41, 5.74) is 0.665. The van der Waals surface area contributed by atoms with Crippen molar-refractivity contribution in [2.24, 2.45) is 0 Å². The number of aromatic nitrogens is 4. The van der Waals surface area contributed by atoms with E-state index in [1.807, 2.05) is 4.90 Å². The molecule has 2 N–H and O–H groups in total. The molecule has 8 nitrogen and oxygen atoms in total. The van der Waals surface area contributed by atoms with Gasteiger partial charge < -0.3 is 15.5 Å². The molecule has 1 saturated heterocycles. The molecule has 100 valence electrons. The quantitative estimate of drug-likeness (QED) is 0.695. The van der Waals surface area contributed by atoms with Gasteiger partial charge in [0.05, 0.1) is 0 Å². The van der Waals surface area contributed by atoms with Crippen LogP contribution in [0.2, 0.25) is 0 Å². The van der Waals surface area contributed by atoms with Gasteiger partial charge in [-0.3, -0.25) is 9.20 Å². The summed E-state index contributed by atoms with van der Waals surface area (Å²) >= 11 is 0. The van der Waals surface area contributed by atoms with Crippen LogP contribution in [-0.4, -0.2) is 58.2 Å². The van der Waals surface area contributed by atoms with Crippen LogP contribution in [0.15, 0.2) is 18.7 Å². The SMILES string of the molecule is CNC(=O)C1CNCCN1c1nccn2cnnc12. The van der Waals surface area contributed by atoms with Crippen LogP contribution in [0.5, 0.6) is 0 Å². The summed E-state index contributed by atoms with van der Waals surface area (Å²) in [7, 11) is 1.64. The number of piperazine rings is 1. The molecule has 0 saturated carbocycles. The van der Waals surface area contributed by atoms with E-state index in [0.717, 1.165) is 6.54 Å². The van der Waals surface area contributed by atoms with E-state index < -0.39 is 0 Å². The maximum absolute atomic E-state index is 12.0. The van der Waals surface area contributed by atoms with Gasteiger partial charge in [-0.15, -0.1) is 10.2 Å². The molecule has 1 fully saturated rings. The van der Waals surface area contributed by atoms with E-state index in [2.05, 4.69) is 25.8 Å². The number of anilines is 1. The minimum absolute atomic E-state index is 0.0319. The Labute approximate surface area is 109 Å². The van der Waals surface area contributed by atoms with E-state index in [0.29, 0.717) is 24.6 Å². The lowest BCUT2D eigenvalue weighted by molar-refractivity contribution is -0.122. The van der Waals surface area contributed by atoms with Crippen molar-refractivity contribution in [1.82, 2.24) is 30.2 Å². The van der Waals surface area contributed by atoms with E-state index in [4.69, 9.17) is 0 Å². The molecule has 1 unspecified atom stereocenters. The van der Waals surface area contributed by atoms with Crippen molar-refractivity contribution in [3.8, 4) is 0 Å². The van der Waals surface area contributed by atoms with Crippen molar-refractivity contribution in [2.75, 3.05) is 31.6 Å². The first kappa shape index (κ1) is 11.8. The molecule has 0 radical (unpaired) electrons. The molecule has 0 aliphatic carbocycles. The highest BCUT2D eigenvalue weighted by Gasteiger charge is 2.30. The van der Waals surface area contributed by atoms with Crippen LogP contribution in [0.3, 0.4) is 0 Å². The molecule has 0 spiro atoms. The van der Waals surface area contributed by atoms with Crippen molar-refractivity contribution >= 4 is 17.4 Å². The smallest absolute Gasteiger partial charge is 0.243 e. The third-order valence-corrected chi connectivity index (χ3v) is 3.26. The highest BCUT2D eigenvalue weighted by atomic mass is 16.2. The zero-order valence-electron chi connectivity index (χ0n) is 10.6. The van der Waals surface area contributed by atoms with Crippen molar-refractivity contribution in [3.63, 3.8) is 0 Å². The molecule has 19 heavy (non-hydrogen) atoms. The maximum Gasteiger partial charge on any atom is 0.243 e. The normalized spacial score (nSPS) is 19.6. The molecular formula is C11H15N7O. The Morgan fingerprint density at radius 3 is 3.32 bits per heavy atom. The van der Waals surface area contributed by atoms with Gasteiger partial charge in [0, 0.05) is 39.1 Å². The number of hydrogen-bond acceptors (Lipinski definition) is 6. The molecule has 0 aromatic carbocycles. The number of rotatable bonds is 2. The van der Waals surface area contributed by atoms with Crippen LogP contribution in [0, 0.1) is 0 Å². The summed E-state index contributed by atoms with van der Waals surface area (Å²) in [6.07, 6.45) is 5.10. The van der Waals surface area contributed by atoms with E-state index in [9.17, 15) is 4.79 Å². The highest BCUT2D eigenvalue weighted by Crippen LogP contribution is 2.19. The first-order chi connectivity index (χ1) is 9.31. The molecule has 1 aliphatic rings. The number of nitrogens with zero attached hydrogens (tertiary/aromatic N) is 5. The zero-order chi connectivity index (χ0) is 13.2. The van der Waals surface area contributed by atoms with E-state index in [-0.39, 0.29) is 11.9 Å². The van der Waals surface area contributed by atoms with Gasteiger partial charge >= 0.3 is 0 Å². The molecule has 3 rings (SSSR count). The Balaban J connectivity index is 2.02. The van der Waals surface area contributed by atoms with E-state index in [1.54, 1.807) is 30.2 Å². The van der Waals surface area contributed by atoms with Crippen LogP contribution >= 0.6 is 0 Å². The molecule has 1 atom stereocenters. The largest absolute Gasteiger partial charge is 0.357 e. The lowest BCUT2D eigenvalue weighted by Gasteiger charge is -2.35. The number of likely N-dealkylation sites (N-methyl/N-ethyl adjacent to an activating group) is 1. The number of amides is 1. The van der Waals surface area contributed by atoms with Crippen molar-refractivity contribution in [1.29, 1.82) is 0 Å². The van der Waals surface area contributed by atoms with Gasteiger partial charge in [0.1, 0.15) is 12.4 Å². The number of fused-ring (bicyclic) bond motifs is 1. The molecule has 2 aromatic rings. The predicted octanol–water partition coefficient (Wildman–Crippen LogP) is -1.35. The highest BCUT2D eigenvalue weighted by molar-refractivity contribution is 5.86. The Morgan fingerprint density at radius 2 is 2.47 bits per heavy atom. The Bertz CT molecular complexity index is 595. The fraction of sp³-hybridized carbons (Fsp3) is 0.455. The standard InChI is InChI=1S/C11H15N7O/c1-12-11(19)8-6-13-2-5-18(8)9-10-16-15-7-17(10)4-3-14-9/h3-4,7-8,13H,2,5-6H2,1H3,(H,12,19). The van der Waals surface area contributed by atoms with Crippen LogP contribution in [0.4, 0.5) is 5.82 Å². The molecular weight excluding hydrogens is 246 g/mol. The van der Waals surface area contributed by atoms with Crippen LogP contribution < -0.4 is 15.5 Å². The van der Waals surface area contributed by atoms with Gasteiger partial charge in [-0.05, 0) is 0 Å². The monoisotopic (exact) mass is 261 g/mol. The molecule has 1 aliphatic heterocycles. The van der Waals surface area contributed by atoms with Gasteiger partial charge in [0.15, 0.2) is 5.82 Å². The van der Waals surface area contributed by atoms with Crippen LogP contribution in [0.1, 0.15) is 0 Å². The van der Waals surface area contributed by atoms with Gasteiger partial charge in [-0.1, -0.05) is 0 Å². The minimum Gasteiger partial charge on any atom is -0.357 e. The summed E-state index contributed by atoms with van der Waals surface area (Å²) in [5.74, 6) is 0.658. The molecule has 8 heteroatoms. The molecule has 2 aromatic heterocycles. The Kier molecular flexibility index (Phi) is 3.00. The van der Waals surface area contributed by atoms with Gasteiger partial charge in [0.25, 0.3) is 0 Å². The Morgan fingerprint density at radius 1 is 1.58 bits per heavy atom. The molecule has 0 bridgehead atoms. The summed E-state index contributed by atoms with van der Waals surface area (Å²) < 4.78 is 1.80. The lowest BCUT2D eigenvalue weighted by atomic mass is 10.2. The topological polar surface area (TPSA) is 87.5 Å². The first-order valence-corrected chi connectivity index (χ1v) is 6.14. The summed E-state index contributed by atoms with van der Waals surface area (Å²) in [6, 6.07) is -0.283. The van der Waals surface area contributed by atoms with E-state index in [1.165, 1.54) is 0 Å². The van der Waals surface area contributed by atoms with Crippen molar-refractivity contribution < 1.29 is 4.79 Å². The predicted molar refractivity (Wildman–Crippen MR) is 68.9 cm³/mol. The first-order valence-electron chi connectivity index (χ1n) is 6.14. The zero-order valence-corrected chi connectivity index (χ0v) is 10.6. The second-order valence-corrected chi connectivity index (χ2v) is 4.34. The second kappa shape index (κ2) is 4.81. The van der Waals surface area contributed by atoms with Gasteiger partial charge in [-0.25, -0.2) is 4.98 Å². The number of nitrogens with one attached hydrogen (secondary N) is 2. The summed E-state index contributed by atoms with van der Waals surface area (Å²) in [4.78, 5) is 18.3. The Hall–Kier alpha value is -2.22. The van der Waals surface area contributed by atoms with Crippen LogP contribution in [0.25, 0.3) is 5.65 Å². The lowest BCUT2D eigenvalue weighted by Crippen LogP contribution is -2.58. The van der Waals surface area contributed by atoms with Crippen molar-refractivity contribution in [3.05, 3.63) is 18.7 Å². The number of carbonyl (C=O) groups is 1. The average molecular weight is 261 g/mol. The summed E-state index contributed by atoms with van der Waals surface area (Å²) in [6.45, 7) is 2.11. The maximum atomic E-state index is 12.0. The fourth-order valence-corrected chi connectivity index (χ4v) is 2.31. The van der Waals surface area contributed by atoms with Crippen molar-refractivity contribution in [2.45, 2.75) is 6.04 Å². The van der Waals surface area contributed by atoms with Crippen LogP contribution in [-0.2, 0) is 4.79 Å². The number of carbonyl (C=O) groups excluding carboxylic acids is 1. The fourth-order valence-electron chi connectivity index (χ4n) is 2.31. The molecule has 3 heterocycles. The average Bonchev–Trinajstić information content (AvgIpc) is 2.94. The van der Waals surface area contributed by atoms with E-state index >= 15 is 0 Å². The third kappa shape index (κ3) is 1.99.